The SMILES string of the molecule is CC1CCC([C@H](N)c2cn3nc(CC4(C(=O)O)C[C@@H](C(F)(F)F)NC4=O)ccc3n2)CC1. The van der Waals surface area contributed by atoms with Crippen molar-refractivity contribution in [2.24, 2.45) is 23.0 Å². The number of carbonyl (C=O) groups excluding carboxylic acids is 1. The fourth-order valence-corrected chi connectivity index (χ4v) is 4.79. The molecule has 2 fully saturated rings. The first-order valence-electron chi connectivity index (χ1n) is 10.7. The molecule has 3 heterocycles. The molecule has 11 heteroatoms. The fourth-order valence-electron chi connectivity index (χ4n) is 4.79. The standard InChI is InChI=1S/C21H26F3N5O3/c1-11-2-4-12(5-3-11)17(25)14-10-29-16(26-14)7-6-13(28-29)8-20(19(31)32)9-15(21(22,23)24)27-18(20)30/h6-7,10-12,15,17H,2-5,8-9,25H2,1H3,(H,27,30)(H,31,32)/t11?,12?,15-,17-,20?/m0/s1. The van der Waals surface area contributed by atoms with Crippen LogP contribution in [-0.4, -0.2) is 43.8 Å². The van der Waals surface area contributed by atoms with E-state index in [4.69, 9.17) is 5.73 Å². The van der Waals surface area contributed by atoms with Crippen LogP contribution in [0.1, 0.15) is 56.5 Å². The smallest absolute Gasteiger partial charge is 0.408 e. The van der Waals surface area contributed by atoms with Crippen molar-refractivity contribution in [3.63, 3.8) is 0 Å². The summed E-state index contributed by atoms with van der Waals surface area (Å²) in [7, 11) is 0. The number of carbonyl (C=O) groups is 2. The quantitative estimate of drug-likeness (QED) is 0.598. The summed E-state index contributed by atoms with van der Waals surface area (Å²) >= 11 is 0. The Kier molecular flexibility index (Phi) is 5.64. The molecule has 0 bridgehead atoms. The molecule has 1 saturated heterocycles. The van der Waals surface area contributed by atoms with Crippen LogP contribution >= 0.6 is 0 Å². The summed E-state index contributed by atoms with van der Waals surface area (Å²) < 4.78 is 40.7. The van der Waals surface area contributed by atoms with Gasteiger partial charge >= 0.3 is 12.1 Å². The third-order valence-corrected chi connectivity index (χ3v) is 6.88. The number of hydrogen-bond acceptors (Lipinski definition) is 5. The van der Waals surface area contributed by atoms with Gasteiger partial charge in [-0.05, 0) is 36.8 Å². The van der Waals surface area contributed by atoms with Gasteiger partial charge in [0.1, 0.15) is 6.04 Å². The van der Waals surface area contributed by atoms with Crippen LogP contribution in [0.3, 0.4) is 0 Å². The van der Waals surface area contributed by atoms with E-state index in [1.807, 2.05) is 0 Å². The zero-order valence-corrected chi connectivity index (χ0v) is 17.6. The van der Waals surface area contributed by atoms with E-state index in [1.54, 1.807) is 17.6 Å². The normalized spacial score (nSPS) is 29.8. The van der Waals surface area contributed by atoms with E-state index < -0.39 is 42.4 Å². The van der Waals surface area contributed by atoms with Crippen molar-refractivity contribution in [1.29, 1.82) is 0 Å². The highest BCUT2D eigenvalue weighted by Crippen LogP contribution is 2.40. The highest BCUT2D eigenvalue weighted by molar-refractivity contribution is 6.04. The number of halogens is 3. The zero-order valence-electron chi connectivity index (χ0n) is 17.6. The lowest BCUT2D eigenvalue weighted by molar-refractivity contribution is -0.158. The maximum Gasteiger partial charge on any atom is 0.408 e. The van der Waals surface area contributed by atoms with Crippen LogP contribution < -0.4 is 11.1 Å². The number of alkyl halides is 3. The second-order valence-electron chi connectivity index (χ2n) is 9.17. The molecule has 2 aromatic heterocycles. The number of nitrogens with two attached hydrogens (primary N) is 1. The molecule has 4 N–H and O–H groups in total. The predicted octanol–water partition coefficient (Wildman–Crippen LogP) is 2.62. The molecule has 174 valence electrons. The molecule has 0 aromatic carbocycles. The molecule has 1 saturated carbocycles. The molecule has 1 aliphatic carbocycles. The zero-order chi connectivity index (χ0) is 23.3. The Hall–Kier alpha value is -2.69. The number of carboxylic acids is 1. The lowest BCUT2D eigenvalue weighted by Gasteiger charge is -2.29. The van der Waals surface area contributed by atoms with Crippen LogP contribution in [0.15, 0.2) is 18.3 Å². The van der Waals surface area contributed by atoms with E-state index in [1.165, 1.54) is 10.6 Å². The number of nitrogens with zero attached hydrogens (tertiary/aromatic N) is 3. The monoisotopic (exact) mass is 453 g/mol. The van der Waals surface area contributed by atoms with E-state index in [0.717, 1.165) is 25.7 Å². The number of nitrogens with one attached hydrogen (secondary N) is 1. The van der Waals surface area contributed by atoms with Crippen molar-refractivity contribution in [3.8, 4) is 0 Å². The molecule has 0 spiro atoms. The summed E-state index contributed by atoms with van der Waals surface area (Å²) in [6, 6.07) is 0.626. The molecule has 2 aromatic rings. The van der Waals surface area contributed by atoms with Gasteiger partial charge in [-0.25, -0.2) is 9.50 Å². The van der Waals surface area contributed by atoms with Crippen molar-refractivity contribution in [3.05, 3.63) is 29.7 Å². The molecular formula is C21H26F3N5O3. The number of carboxylic acid groups (broad SMARTS) is 1. The molecule has 4 rings (SSSR count). The van der Waals surface area contributed by atoms with Crippen LogP contribution in [0.4, 0.5) is 13.2 Å². The maximum atomic E-state index is 13.1. The number of imidazole rings is 1. The van der Waals surface area contributed by atoms with Gasteiger partial charge in [-0.1, -0.05) is 19.8 Å². The van der Waals surface area contributed by atoms with Crippen LogP contribution in [-0.2, 0) is 16.0 Å². The minimum Gasteiger partial charge on any atom is -0.480 e. The second kappa shape index (κ2) is 8.02. The van der Waals surface area contributed by atoms with Gasteiger partial charge in [-0.2, -0.15) is 18.3 Å². The van der Waals surface area contributed by atoms with Crippen molar-refractivity contribution in [2.45, 2.75) is 63.7 Å². The Morgan fingerprint density at radius 1 is 1.34 bits per heavy atom. The predicted molar refractivity (Wildman–Crippen MR) is 107 cm³/mol. The second-order valence-corrected chi connectivity index (χ2v) is 9.17. The highest BCUT2D eigenvalue weighted by atomic mass is 19.4. The third-order valence-electron chi connectivity index (χ3n) is 6.88. The molecule has 2 aliphatic rings. The first-order chi connectivity index (χ1) is 15.0. The first-order valence-corrected chi connectivity index (χ1v) is 10.7. The van der Waals surface area contributed by atoms with Crippen molar-refractivity contribution >= 4 is 17.5 Å². The van der Waals surface area contributed by atoms with Crippen LogP contribution in [0.5, 0.6) is 0 Å². The van der Waals surface area contributed by atoms with Gasteiger partial charge in [-0.15, -0.1) is 0 Å². The Bertz CT molecular complexity index is 1030. The summed E-state index contributed by atoms with van der Waals surface area (Å²) in [4.78, 5) is 28.7. The van der Waals surface area contributed by atoms with Gasteiger partial charge in [0.2, 0.25) is 5.91 Å². The van der Waals surface area contributed by atoms with Crippen LogP contribution in [0, 0.1) is 17.3 Å². The van der Waals surface area contributed by atoms with Crippen LogP contribution in [0.25, 0.3) is 5.65 Å². The van der Waals surface area contributed by atoms with E-state index >= 15 is 0 Å². The van der Waals surface area contributed by atoms with E-state index in [9.17, 15) is 27.9 Å². The molecule has 8 nitrogen and oxygen atoms in total. The minimum absolute atomic E-state index is 0.182. The number of hydrogen-bond donors (Lipinski definition) is 3. The number of aromatic nitrogens is 3. The first kappa shape index (κ1) is 22.5. The van der Waals surface area contributed by atoms with Gasteiger partial charge in [0.25, 0.3) is 0 Å². The number of rotatable bonds is 5. The van der Waals surface area contributed by atoms with E-state index in [2.05, 4.69) is 17.0 Å². The summed E-state index contributed by atoms with van der Waals surface area (Å²) in [6.45, 7) is 2.23. The van der Waals surface area contributed by atoms with Gasteiger partial charge in [-0.3, -0.25) is 9.59 Å². The Morgan fingerprint density at radius 3 is 2.62 bits per heavy atom. The lowest BCUT2D eigenvalue weighted by atomic mass is 9.79. The number of fused-ring (bicyclic) bond motifs is 1. The molecule has 1 unspecified atom stereocenters. The summed E-state index contributed by atoms with van der Waals surface area (Å²) in [5, 5.41) is 15.7. The van der Waals surface area contributed by atoms with Crippen molar-refractivity contribution < 1.29 is 27.9 Å². The molecule has 0 radical (unpaired) electrons. The largest absolute Gasteiger partial charge is 0.480 e. The van der Waals surface area contributed by atoms with Gasteiger partial charge in [0.15, 0.2) is 11.1 Å². The molecular weight excluding hydrogens is 427 g/mol. The maximum absolute atomic E-state index is 13.1. The molecule has 1 amide bonds. The third kappa shape index (κ3) is 4.05. The van der Waals surface area contributed by atoms with Crippen molar-refractivity contribution in [2.75, 3.05) is 0 Å². The lowest BCUT2D eigenvalue weighted by Crippen LogP contribution is -2.41. The Balaban J connectivity index is 1.57. The Morgan fingerprint density at radius 2 is 2.03 bits per heavy atom. The molecule has 3 atom stereocenters. The minimum atomic E-state index is -4.73. The molecule has 1 aliphatic heterocycles. The molecule has 32 heavy (non-hydrogen) atoms. The fraction of sp³-hybridized carbons (Fsp3) is 0.619. The highest BCUT2D eigenvalue weighted by Gasteiger charge is 2.59. The summed E-state index contributed by atoms with van der Waals surface area (Å²) in [5.41, 5.74) is 5.55. The Labute approximate surface area is 182 Å². The van der Waals surface area contributed by atoms with E-state index in [0.29, 0.717) is 23.2 Å². The van der Waals surface area contributed by atoms with E-state index in [-0.39, 0.29) is 11.7 Å². The van der Waals surface area contributed by atoms with Gasteiger partial charge in [0.05, 0.1) is 23.6 Å². The number of amides is 1. The summed E-state index contributed by atoms with van der Waals surface area (Å²) in [6.07, 6.45) is -0.129. The van der Waals surface area contributed by atoms with Gasteiger partial charge < -0.3 is 16.2 Å². The van der Waals surface area contributed by atoms with Gasteiger partial charge in [0, 0.05) is 12.8 Å². The topological polar surface area (TPSA) is 123 Å². The summed E-state index contributed by atoms with van der Waals surface area (Å²) in [5.74, 6) is -1.76. The average molecular weight is 453 g/mol. The number of aliphatic carboxylic acids is 1. The van der Waals surface area contributed by atoms with Crippen LogP contribution in [0.2, 0.25) is 0 Å². The average Bonchev–Trinajstić information content (AvgIpc) is 3.29. The van der Waals surface area contributed by atoms with Crippen molar-refractivity contribution in [1.82, 2.24) is 19.9 Å².